The summed E-state index contributed by atoms with van der Waals surface area (Å²) < 4.78 is 11.6. The molecule has 0 unspecified atom stereocenters. The molecule has 2 aromatic rings. The van der Waals surface area contributed by atoms with E-state index in [4.69, 9.17) is 19.9 Å². The first kappa shape index (κ1) is 26.2. The van der Waals surface area contributed by atoms with Gasteiger partial charge in [0.15, 0.2) is 17.5 Å². The van der Waals surface area contributed by atoms with Gasteiger partial charge in [0, 0.05) is 35.2 Å². The molecule has 1 aliphatic carbocycles. The highest BCUT2D eigenvalue weighted by Gasteiger charge is 2.36. The van der Waals surface area contributed by atoms with Crippen LogP contribution in [0.4, 0.5) is 0 Å². The van der Waals surface area contributed by atoms with E-state index in [0.29, 0.717) is 23.8 Å². The number of carbonyl (C=O) groups excluding carboxylic acids is 1. The van der Waals surface area contributed by atoms with Gasteiger partial charge < -0.3 is 19.7 Å². The maximum atomic E-state index is 12.8. The number of amides is 1. The van der Waals surface area contributed by atoms with Crippen LogP contribution in [0.3, 0.4) is 0 Å². The van der Waals surface area contributed by atoms with Crippen molar-refractivity contribution in [2.45, 2.75) is 63.5 Å². The summed E-state index contributed by atoms with van der Waals surface area (Å²) in [6.45, 7) is 4.52. The number of hydrogen-bond donors (Lipinski definition) is 3. The number of benzene rings is 2. The second-order valence-electron chi connectivity index (χ2n) is 10.6. The van der Waals surface area contributed by atoms with Crippen molar-refractivity contribution in [1.29, 1.82) is 5.41 Å². The highest BCUT2D eigenvalue weighted by atomic mass is 16.5. The fourth-order valence-corrected chi connectivity index (χ4v) is 6.00. The average Bonchev–Trinajstić information content (AvgIpc) is 2.93. The predicted molar refractivity (Wildman–Crippen MR) is 150 cm³/mol. The van der Waals surface area contributed by atoms with Gasteiger partial charge in [-0.2, -0.15) is 0 Å². The number of rotatable bonds is 6. The van der Waals surface area contributed by atoms with E-state index in [9.17, 15) is 4.79 Å². The molecule has 0 spiro atoms. The van der Waals surface area contributed by atoms with Gasteiger partial charge in [-0.15, -0.1) is 0 Å². The Balaban J connectivity index is 1.39. The minimum Gasteiger partial charge on any atom is -0.493 e. The second-order valence-corrected chi connectivity index (χ2v) is 10.6. The number of guanidine groups is 1. The van der Waals surface area contributed by atoms with Gasteiger partial charge in [-0.1, -0.05) is 31.4 Å². The highest BCUT2D eigenvalue weighted by Crippen LogP contribution is 2.42. The minimum atomic E-state index is -0.283. The zero-order valence-corrected chi connectivity index (χ0v) is 22.7. The molecule has 202 valence electrons. The lowest BCUT2D eigenvalue weighted by atomic mass is 9.79. The van der Waals surface area contributed by atoms with Crippen LogP contribution < -0.4 is 20.1 Å². The van der Waals surface area contributed by atoms with Crippen molar-refractivity contribution in [3.05, 3.63) is 58.7 Å². The highest BCUT2D eigenvalue weighted by molar-refractivity contribution is 6.15. The summed E-state index contributed by atoms with van der Waals surface area (Å²) in [4.78, 5) is 20.4. The van der Waals surface area contributed by atoms with Gasteiger partial charge in [0.1, 0.15) is 0 Å². The van der Waals surface area contributed by atoms with Crippen LogP contribution in [0.15, 0.2) is 41.4 Å². The van der Waals surface area contributed by atoms with Gasteiger partial charge in [-0.05, 0) is 69.6 Å². The first-order chi connectivity index (χ1) is 18.5. The number of carbonyl (C=O) groups is 1. The van der Waals surface area contributed by atoms with Gasteiger partial charge >= 0.3 is 0 Å². The van der Waals surface area contributed by atoms with Crippen molar-refractivity contribution in [3.8, 4) is 11.5 Å². The Morgan fingerprint density at radius 3 is 2.58 bits per heavy atom. The number of likely N-dealkylation sites (N-methyl/N-ethyl adjacent to an activating group) is 1. The first-order valence-electron chi connectivity index (χ1n) is 13.8. The molecule has 2 aliphatic heterocycles. The normalized spacial score (nSPS) is 21.5. The summed E-state index contributed by atoms with van der Waals surface area (Å²) in [5.41, 5.74) is 4.69. The summed E-state index contributed by atoms with van der Waals surface area (Å²) >= 11 is 0. The number of fused-ring (bicyclic) bond motifs is 3. The molecule has 0 aromatic heterocycles. The van der Waals surface area contributed by atoms with Gasteiger partial charge in [-0.3, -0.25) is 20.5 Å². The zero-order chi connectivity index (χ0) is 26.6. The summed E-state index contributed by atoms with van der Waals surface area (Å²) in [6.07, 6.45) is 6.68. The lowest BCUT2D eigenvalue weighted by Gasteiger charge is -2.39. The Morgan fingerprint density at radius 1 is 1.11 bits per heavy atom. The fourth-order valence-electron chi connectivity index (χ4n) is 6.00. The van der Waals surface area contributed by atoms with E-state index in [0.717, 1.165) is 54.9 Å². The lowest BCUT2D eigenvalue weighted by Crippen LogP contribution is -2.45. The summed E-state index contributed by atoms with van der Waals surface area (Å²) in [6, 6.07) is 12.2. The maximum absolute atomic E-state index is 12.8. The van der Waals surface area contributed by atoms with Gasteiger partial charge in [0.2, 0.25) is 0 Å². The Kier molecular flexibility index (Phi) is 7.98. The third kappa shape index (κ3) is 5.55. The maximum Gasteiger partial charge on any atom is 0.257 e. The Labute approximate surface area is 225 Å². The quantitative estimate of drug-likeness (QED) is 0.392. The van der Waals surface area contributed by atoms with Crippen LogP contribution in [0.25, 0.3) is 0 Å². The molecule has 5 rings (SSSR count). The third-order valence-corrected chi connectivity index (χ3v) is 7.98. The Hall–Kier alpha value is -3.39. The Bertz CT molecular complexity index is 1200. The first-order valence-corrected chi connectivity index (χ1v) is 13.8. The zero-order valence-electron chi connectivity index (χ0n) is 22.7. The van der Waals surface area contributed by atoms with Crippen molar-refractivity contribution in [3.63, 3.8) is 0 Å². The summed E-state index contributed by atoms with van der Waals surface area (Å²) in [7, 11) is 3.82. The lowest BCUT2D eigenvalue weighted by molar-refractivity contribution is 0.0975. The summed E-state index contributed by atoms with van der Waals surface area (Å²) in [5, 5.41) is 14.0. The second kappa shape index (κ2) is 11.6. The van der Waals surface area contributed by atoms with Crippen molar-refractivity contribution in [1.82, 2.24) is 15.5 Å². The molecule has 0 bridgehead atoms. The van der Waals surface area contributed by atoms with Gasteiger partial charge in [0.05, 0.1) is 25.5 Å². The van der Waals surface area contributed by atoms with Crippen LogP contribution in [0, 0.1) is 5.41 Å². The predicted octanol–water partition coefficient (Wildman–Crippen LogP) is 4.32. The number of likely N-dealkylation sites (tertiary alicyclic amines) is 1. The molecule has 3 N–H and O–H groups in total. The molecule has 2 heterocycles. The van der Waals surface area contributed by atoms with E-state index < -0.39 is 0 Å². The van der Waals surface area contributed by atoms with E-state index >= 15 is 0 Å². The molecule has 2 aromatic carbocycles. The number of methoxy groups -OCH3 is 1. The molecule has 1 saturated carbocycles. The molecule has 2 fully saturated rings. The molecular formula is C30H39N5O3. The standard InChI is InChI=1S/C30H39N5O3/c1-4-38-27-16-22-23(17-26(27)37-3)28(33-25-14-15-35(2)18-24(22)25)19-10-12-20(13-11-19)29(36)34-30(31)32-21-8-6-5-7-9-21/h10-13,16-17,21,24-25H,4-9,14-15,18H2,1-3H3,(H3,31,32,34,36)/t24-,25-/m1/s1. The third-order valence-electron chi connectivity index (χ3n) is 7.98. The van der Waals surface area contributed by atoms with Crippen LogP contribution in [0.2, 0.25) is 0 Å². The molecule has 38 heavy (non-hydrogen) atoms. The number of nitrogens with one attached hydrogen (secondary N) is 3. The van der Waals surface area contributed by atoms with Crippen LogP contribution in [0.5, 0.6) is 11.5 Å². The molecular weight excluding hydrogens is 478 g/mol. The largest absolute Gasteiger partial charge is 0.493 e. The molecule has 1 amide bonds. The van der Waals surface area contributed by atoms with Crippen molar-refractivity contribution >= 4 is 17.6 Å². The molecule has 0 radical (unpaired) electrons. The SMILES string of the molecule is CCOc1cc2c(cc1OC)C(c1ccc(C(=O)NC(=N)NC3CCCCC3)cc1)=N[C@@H]1CCN(C)C[C@H]21. The number of hydrogen-bond acceptors (Lipinski definition) is 6. The number of nitrogens with zero attached hydrogens (tertiary/aromatic N) is 2. The van der Waals surface area contributed by atoms with Crippen molar-refractivity contribution in [2.24, 2.45) is 4.99 Å². The number of piperidine rings is 1. The number of ether oxygens (including phenoxy) is 2. The molecule has 2 atom stereocenters. The molecule has 8 heteroatoms. The van der Waals surface area contributed by atoms with E-state index in [1.807, 2.05) is 37.3 Å². The van der Waals surface area contributed by atoms with Gasteiger partial charge in [-0.25, -0.2) is 0 Å². The smallest absolute Gasteiger partial charge is 0.257 e. The topological polar surface area (TPSA) is 99.0 Å². The van der Waals surface area contributed by atoms with Crippen molar-refractivity contribution < 1.29 is 14.3 Å². The van der Waals surface area contributed by atoms with Crippen LogP contribution in [0.1, 0.15) is 78.4 Å². The van der Waals surface area contributed by atoms with Gasteiger partial charge in [0.25, 0.3) is 5.91 Å². The molecule has 1 saturated heterocycles. The van der Waals surface area contributed by atoms with Crippen LogP contribution in [-0.2, 0) is 0 Å². The van der Waals surface area contributed by atoms with Crippen LogP contribution in [-0.4, -0.2) is 68.4 Å². The van der Waals surface area contributed by atoms with Crippen LogP contribution >= 0.6 is 0 Å². The van der Waals surface area contributed by atoms with E-state index in [2.05, 4.69) is 28.6 Å². The molecule has 3 aliphatic rings. The number of aliphatic imine (C=N–C) groups is 1. The average molecular weight is 518 g/mol. The fraction of sp³-hybridized carbons (Fsp3) is 0.500. The van der Waals surface area contributed by atoms with E-state index in [1.165, 1.54) is 24.8 Å². The Morgan fingerprint density at radius 2 is 1.87 bits per heavy atom. The minimum absolute atomic E-state index is 0.0714. The monoisotopic (exact) mass is 517 g/mol. The van der Waals surface area contributed by atoms with E-state index in [1.54, 1.807) is 7.11 Å². The summed E-state index contributed by atoms with van der Waals surface area (Å²) in [5.74, 6) is 1.54. The van der Waals surface area contributed by atoms with Crippen molar-refractivity contribution in [2.75, 3.05) is 33.9 Å². The van der Waals surface area contributed by atoms with E-state index in [-0.39, 0.29) is 24.0 Å². The molecule has 8 nitrogen and oxygen atoms in total.